The number of halogens is 1. The molecule has 2 aromatic carbocycles. The molecule has 9 heteroatoms. The SMILES string of the molecule is CC(C)NS(=O)(=O)c1ccc(C(=O)NCC(=O)Nc2ccc(F)cc2)cc1. The van der Waals surface area contributed by atoms with Crippen molar-refractivity contribution >= 4 is 27.5 Å². The molecule has 27 heavy (non-hydrogen) atoms. The van der Waals surface area contributed by atoms with E-state index in [9.17, 15) is 22.4 Å². The standard InChI is InChI=1S/C18H20FN3O4S/c1-12(2)22-27(25,26)16-9-3-13(4-10-16)18(24)20-11-17(23)21-15-7-5-14(19)6-8-15/h3-10,12,22H,11H2,1-2H3,(H,20,24)(H,21,23). The molecule has 0 aromatic heterocycles. The van der Waals surface area contributed by atoms with Crippen molar-refractivity contribution in [1.29, 1.82) is 0 Å². The predicted octanol–water partition coefficient (Wildman–Crippen LogP) is 1.88. The first-order valence-electron chi connectivity index (χ1n) is 8.13. The van der Waals surface area contributed by atoms with Crippen molar-refractivity contribution in [3.63, 3.8) is 0 Å². The zero-order chi connectivity index (χ0) is 20.0. The van der Waals surface area contributed by atoms with Gasteiger partial charge in [0.05, 0.1) is 11.4 Å². The summed E-state index contributed by atoms with van der Waals surface area (Å²) in [6, 6.07) is 10.3. The van der Waals surface area contributed by atoms with Crippen LogP contribution in [0.3, 0.4) is 0 Å². The number of rotatable bonds is 7. The van der Waals surface area contributed by atoms with Crippen LogP contribution in [0.2, 0.25) is 0 Å². The summed E-state index contributed by atoms with van der Waals surface area (Å²) in [4.78, 5) is 23.9. The van der Waals surface area contributed by atoms with E-state index in [2.05, 4.69) is 15.4 Å². The number of hydrogen-bond acceptors (Lipinski definition) is 4. The molecule has 0 spiro atoms. The Bertz CT molecular complexity index is 911. The van der Waals surface area contributed by atoms with Gasteiger partial charge in [0, 0.05) is 17.3 Å². The Kier molecular flexibility index (Phi) is 6.65. The minimum absolute atomic E-state index is 0.0433. The molecule has 0 heterocycles. The number of carbonyl (C=O) groups is 2. The first-order valence-corrected chi connectivity index (χ1v) is 9.62. The van der Waals surface area contributed by atoms with E-state index in [0.717, 1.165) is 0 Å². The van der Waals surface area contributed by atoms with Gasteiger partial charge in [-0.25, -0.2) is 17.5 Å². The van der Waals surface area contributed by atoms with Gasteiger partial charge in [0.1, 0.15) is 5.82 Å². The number of sulfonamides is 1. The van der Waals surface area contributed by atoms with E-state index < -0.39 is 27.7 Å². The molecule has 0 unspecified atom stereocenters. The smallest absolute Gasteiger partial charge is 0.251 e. The number of anilines is 1. The molecule has 0 saturated heterocycles. The van der Waals surface area contributed by atoms with E-state index in [0.29, 0.717) is 5.69 Å². The maximum Gasteiger partial charge on any atom is 0.251 e. The summed E-state index contributed by atoms with van der Waals surface area (Å²) in [7, 11) is -3.64. The first-order chi connectivity index (χ1) is 12.7. The van der Waals surface area contributed by atoms with E-state index >= 15 is 0 Å². The molecule has 0 radical (unpaired) electrons. The lowest BCUT2D eigenvalue weighted by Crippen LogP contribution is -2.33. The summed E-state index contributed by atoms with van der Waals surface area (Å²) >= 11 is 0. The molecule has 7 nitrogen and oxygen atoms in total. The molecule has 2 amide bonds. The normalized spacial score (nSPS) is 11.3. The molecular formula is C18H20FN3O4S. The van der Waals surface area contributed by atoms with Crippen molar-refractivity contribution in [1.82, 2.24) is 10.0 Å². The quantitative estimate of drug-likeness (QED) is 0.668. The Labute approximate surface area is 157 Å². The van der Waals surface area contributed by atoms with Crippen molar-refractivity contribution in [3.05, 3.63) is 59.9 Å². The van der Waals surface area contributed by atoms with Gasteiger partial charge < -0.3 is 10.6 Å². The average Bonchev–Trinajstić information content (AvgIpc) is 2.61. The Morgan fingerprint density at radius 1 is 1.00 bits per heavy atom. The zero-order valence-corrected chi connectivity index (χ0v) is 15.6. The molecule has 144 valence electrons. The summed E-state index contributed by atoms with van der Waals surface area (Å²) in [6.45, 7) is 3.12. The highest BCUT2D eigenvalue weighted by Gasteiger charge is 2.16. The summed E-state index contributed by atoms with van der Waals surface area (Å²) in [5.41, 5.74) is 0.621. The molecule has 0 fully saturated rings. The van der Waals surface area contributed by atoms with Crippen LogP contribution < -0.4 is 15.4 Å². The summed E-state index contributed by atoms with van der Waals surface area (Å²) in [6.07, 6.45) is 0. The van der Waals surface area contributed by atoms with E-state index in [1.165, 1.54) is 48.5 Å². The maximum absolute atomic E-state index is 12.8. The molecule has 0 aliphatic rings. The Morgan fingerprint density at radius 3 is 2.15 bits per heavy atom. The van der Waals surface area contributed by atoms with Gasteiger partial charge in [0.2, 0.25) is 15.9 Å². The average molecular weight is 393 g/mol. The second-order valence-corrected chi connectivity index (χ2v) is 7.75. The molecule has 2 rings (SSSR count). The minimum atomic E-state index is -3.64. The van der Waals surface area contributed by atoms with Gasteiger partial charge >= 0.3 is 0 Å². The Hall–Kier alpha value is -2.78. The molecule has 0 atom stereocenters. The van der Waals surface area contributed by atoms with Crippen LogP contribution in [-0.2, 0) is 14.8 Å². The second kappa shape index (κ2) is 8.74. The highest BCUT2D eigenvalue weighted by atomic mass is 32.2. The lowest BCUT2D eigenvalue weighted by atomic mass is 10.2. The number of benzene rings is 2. The van der Waals surface area contributed by atoms with Crippen molar-refractivity contribution in [3.8, 4) is 0 Å². The third-order valence-electron chi connectivity index (χ3n) is 3.36. The Balaban J connectivity index is 1.92. The third-order valence-corrected chi connectivity index (χ3v) is 5.03. The van der Waals surface area contributed by atoms with Crippen molar-refractivity contribution in [2.45, 2.75) is 24.8 Å². The van der Waals surface area contributed by atoms with E-state index in [1.807, 2.05) is 0 Å². The minimum Gasteiger partial charge on any atom is -0.343 e. The van der Waals surface area contributed by atoms with Crippen molar-refractivity contribution < 1.29 is 22.4 Å². The van der Waals surface area contributed by atoms with E-state index in [1.54, 1.807) is 13.8 Å². The van der Waals surface area contributed by atoms with Crippen LogP contribution in [0.25, 0.3) is 0 Å². The summed E-state index contributed by atoms with van der Waals surface area (Å²) < 4.78 is 39.4. The number of nitrogens with one attached hydrogen (secondary N) is 3. The topological polar surface area (TPSA) is 104 Å². The molecule has 2 aromatic rings. The highest BCUT2D eigenvalue weighted by molar-refractivity contribution is 7.89. The van der Waals surface area contributed by atoms with Crippen molar-refractivity contribution in [2.75, 3.05) is 11.9 Å². The van der Waals surface area contributed by atoms with Gasteiger partial charge in [-0.1, -0.05) is 0 Å². The second-order valence-electron chi connectivity index (χ2n) is 6.04. The first kappa shape index (κ1) is 20.5. The van der Waals surface area contributed by atoms with Gasteiger partial charge in [-0.05, 0) is 62.4 Å². The van der Waals surface area contributed by atoms with Gasteiger partial charge in [0.25, 0.3) is 5.91 Å². The lowest BCUT2D eigenvalue weighted by Gasteiger charge is -2.10. The monoisotopic (exact) mass is 393 g/mol. The fourth-order valence-electron chi connectivity index (χ4n) is 2.16. The summed E-state index contributed by atoms with van der Waals surface area (Å²) in [5.74, 6) is -1.42. The van der Waals surface area contributed by atoms with Crippen LogP contribution in [0.1, 0.15) is 24.2 Å². The van der Waals surface area contributed by atoms with Crippen LogP contribution in [0.5, 0.6) is 0 Å². The van der Waals surface area contributed by atoms with Crippen LogP contribution >= 0.6 is 0 Å². The van der Waals surface area contributed by atoms with Crippen molar-refractivity contribution in [2.24, 2.45) is 0 Å². The molecular weight excluding hydrogens is 373 g/mol. The molecule has 0 aliphatic carbocycles. The van der Waals surface area contributed by atoms with Crippen LogP contribution in [0, 0.1) is 5.82 Å². The molecule has 0 aliphatic heterocycles. The van der Waals surface area contributed by atoms with E-state index in [-0.39, 0.29) is 23.0 Å². The maximum atomic E-state index is 12.8. The van der Waals surface area contributed by atoms with E-state index in [4.69, 9.17) is 0 Å². The van der Waals surface area contributed by atoms with Gasteiger partial charge in [-0.2, -0.15) is 0 Å². The van der Waals surface area contributed by atoms with Gasteiger partial charge in [-0.3, -0.25) is 9.59 Å². The van der Waals surface area contributed by atoms with Gasteiger partial charge in [-0.15, -0.1) is 0 Å². The highest BCUT2D eigenvalue weighted by Crippen LogP contribution is 2.11. The van der Waals surface area contributed by atoms with Crippen LogP contribution in [0.15, 0.2) is 53.4 Å². The fourth-order valence-corrected chi connectivity index (χ4v) is 3.42. The number of hydrogen-bond donors (Lipinski definition) is 3. The molecule has 0 saturated carbocycles. The fraction of sp³-hybridized carbons (Fsp3) is 0.222. The third kappa shape index (κ3) is 6.15. The molecule has 3 N–H and O–H groups in total. The lowest BCUT2D eigenvalue weighted by molar-refractivity contribution is -0.115. The summed E-state index contributed by atoms with van der Waals surface area (Å²) in [5, 5.41) is 4.95. The Morgan fingerprint density at radius 2 is 1.59 bits per heavy atom. The number of amides is 2. The predicted molar refractivity (Wildman–Crippen MR) is 99.3 cm³/mol. The largest absolute Gasteiger partial charge is 0.343 e. The van der Waals surface area contributed by atoms with Gasteiger partial charge in [0.15, 0.2) is 0 Å². The number of carbonyl (C=O) groups excluding carboxylic acids is 2. The molecule has 0 bridgehead atoms. The van der Waals surface area contributed by atoms with Crippen LogP contribution in [0.4, 0.5) is 10.1 Å². The van der Waals surface area contributed by atoms with Crippen LogP contribution in [-0.4, -0.2) is 32.8 Å². The zero-order valence-electron chi connectivity index (χ0n) is 14.8.